The van der Waals surface area contributed by atoms with Crippen LogP contribution in [0.25, 0.3) is 22.8 Å². The lowest BCUT2D eigenvalue weighted by molar-refractivity contribution is -0.136. The van der Waals surface area contributed by atoms with Crippen molar-refractivity contribution in [3.8, 4) is 22.8 Å². The predicted molar refractivity (Wildman–Crippen MR) is 180 cm³/mol. The van der Waals surface area contributed by atoms with Crippen LogP contribution < -0.4 is 10.6 Å². The molecule has 0 bridgehead atoms. The molecular weight excluding hydrogens is 576 g/mol. The average molecular weight is 617 g/mol. The van der Waals surface area contributed by atoms with Crippen molar-refractivity contribution < 1.29 is 14.0 Å². The van der Waals surface area contributed by atoms with Crippen LogP contribution in [0.15, 0.2) is 82.3 Å². The molecular formula is C37H40N6O3. The number of aliphatic imine (C=N–C) groups is 1. The van der Waals surface area contributed by atoms with Gasteiger partial charge in [-0.3, -0.25) is 19.5 Å². The van der Waals surface area contributed by atoms with Crippen LogP contribution in [0.3, 0.4) is 0 Å². The molecule has 7 rings (SSSR count). The van der Waals surface area contributed by atoms with Gasteiger partial charge >= 0.3 is 0 Å². The number of hydrogen-bond acceptors (Lipinski definition) is 7. The zero-order valence-corrected chi connectivity index (χ0v) is 26.6. The van der Waals surface area contributed by atoms with Crippen molar-refractivity contribution >= 4 is 28.9 Å². The van der Waals surface area contributed by atoms with Crippen molar-refractivity contribution in [1.82, 2.24) is 20.1 Å². The highest BCUT2D eigenvalue weighted by Crippen LogP contribution is 2.37. The first-order valence-corrected chi connectivity index (χ1v) is 16.2. The third-order valence-electron chi connectivity index (χ3n) is 9.42. The van der Waals surface area contributed by atoms with E-state index < -0.39 is 0 Å². The topological polar surface area (TPSA) is 103 Å². The zero-order valence-electron chi connectivity index (χ0n) is 26.6. The van der Waals surface area contributed by atoms with Gasteiger partial charge in [0.1, 0.15) is 6.04 Å². The smallest absolute Gasteiger partial charge is 0.245 e. The second-order valence-corrected chi connectivity index (χ2v) is 12.8. The minimum Gasteiger partial charge on any atom is -0.436 e. The molecule has 3 aromatic carbocycles. The van der Waals surface area contributed by atoms with Crippen LogP contribution in [0.5, 0.6) is 0 Å². The fourth-order valence-corrected chi connectivity index (χ4v) is 6.94. The summed E-state index contributed by atoms with van der Waals surface area (Å²) in [5, 5.41) is 6.32. The van der Waals surface area contributed by atoms with Crippen molar-refractivity contribution in [2.45, 2.75) is 57.2 Å². The van der Waals surface area contributed by atoms with Crippen molar-refractivity contribution in [2.75, 3.05) is 32.5 Å². The number of nitrogens with zero attached hydrogens (tertiary/aromatic N) is 4. The van der Waals surface area contributed by atoms with Gasteiger partial charge in [0.05, 0.1) is 24.0 Å². The van der Waals surface area contributed by atoms with E-state index in [1.54, 1.807) is 6.20 Å². The Labute approximate surface area is 269 Å². The molecule has 3 aliphatic rings. The van der Waals surface area contributed by atoms with Crippen LogP contribution in [0.4, 0.5) is 11.4 Å². The first-order valence-electron chi connectivity index (χ1n) is 16.2. The van der Waals surface area contributed by atoms with Gasteiger partial charge in [-0.25, -0.2) is 4.98 Å². The molecule has 4 heterocycles. The number of likely N-dealkylation sites (N-methyl/N-ethyl adjacent to an activating group) is 1. The standard InChI is InChI=1S/C37H40N6O3/c1-23-13-14-27(21-29(23)41-35(44)28-11-7-17-38-28)36-39-22-33(46-36)26-16-15-25-19-31(40-30(25)20-26)32-12-8-18-43(32)37(45)34(42(2)3)24-9-5-4-6-10-24/h4-6,9-10,13-16,20-22,28,32,34,38H,7-8,11-12,17-19H2,1-3H3,(H,41,44)/t28-,32-,34+/m0/s1. The average Bonchev–Trinajstić information content (AvgIpc) is 3.88. The third kappa shape index (κ3) is 5.88. The molecule has 0 saturated carbocycles. The van der Waals surface area contributed by atoms with Gasteiger partial charge in [0.25, 0.3) is 0 Å². The van der Waals surface area contributed by atoms with Crippen molar-refractivity contribution in [3.05, 3.63) is 89.6 Å². The van der Waals surface area contributed by atoms with E-state index in [2.05, 4.69) is 27.8 Å². The van der Waals surface area contributed by atoms with Crippen LogP contribution in [0, 0.1) is 6.92 Å². The molecule has 9 nitrogen and oxygen atoms in total. The quantitative estimate of drug-likeness (QED) is 0.255. The highest BCUT2D eigenvalue weighted by atomic mass is 16.4. The lowest BCUT2D eigenvalue weighted by Crippen LogP contribution is -2.46. The van der Waals surface area contributed by atoms with Crippen LogP contribution in [0.1, 0.15) is 48.4 Å². The summed E-state index contributed by atoms with van der Waals surface area (Å²) in [4.78, 5) is 40.3. The van der Waals surface area contributed by atoms with Crippen LogP contribution in [0.2, 0.25) is 0 Å². The number of likely N-dealkylation sites (tertiary alicyclic amines) is 1. The summed E-state index contributed by atoms with van der Waals surface area (Å²) in [6.07, 6.45) is 6.21. The fraction of sp³-hybridized carbons (Fsp3) is 0.351. The highest BCUT2D eigenvalue weighted by Gasteiger charge is 2.38. The number of carbonyl (C=O) groups excluding carboxylic acids is 2. The molecule has 2 N–H and O–H groups in total. The number of anilines is 1. The third-order valence-corrected chi connectivity index (χ3v) is 9.42. The summed E-state index contributed by atoms with van der Waals surface area (Å²) in [6.45, 7) is 3.59. The minimum atomic E-state index is -0.330. The molecule has 2 amide bonds. The van der Waals surface area contributed by atoms with E-state index in [1.807, 2.05) is 85.4 Å². The maximum absolute atomic E-state index is 13.9. The number of benzene rings is 3. The maximum atomic E-state index is 13.9. The Morgan fingerprint density at radius 3 is 2.63 bits per heavy atom. The molecule has 2 saturated heterocycles. The Balaban J connectivity index is 1.09. The summed E-state index contributed by atoms with van der Waals surface area (Å²) in [5.41, 5.74) is 7.55. The number of oxazole rings is 1. The molecule has 236 valence electrons. The van der Waals surface area contributed by atoms with Crippen molar-refractivity contribution in [3.63, 3.8) is 0 Å². The number of rotatable bonds is 8. The van der Waals surface area contributed by atoms with E-state index in [-0.39, 0.29) is 29.9 Å². The summed E-state index contributed by atoms with van der Waals surface area (Å²) in [5.74, 6) is 1.25. The highest BCUT2D eigenvalue weighted by molar-refractivity contribution is 6.01. The van der Waals surface area contributed by atoms with Gasteiger partial charge in [-0.2, -0.15) is 0 Å². The second-order valence-electron chi connectivity index (χ2n) is 12.8. The van der Waals surface area contributed by atoms with Gasteiger partial charge in [0.2, 0.25) is 17.7 Å². The van der Waals surface area contributed by atoms with E-state index in [0.29, 0.717) is 11.7 Å². The number of nitrogens with one attached hydrogen (secondary N) is 2. The van der Waals surface area contributed by atoms with E-state index in [1.165, 1.54) is 0 Å². The maximum Gasteiger partial charge on any atom is 0.245 e. The van der Waals surface area contributed by atoms with Crippen molar-refractivity contribution in [2.24, 2.45) is 4.99 Å². The SMILES string of the molecule is Cc1ccc(-c2ncc(-c3ccc4c(c3)N=C([C@@H]3CCCN3C(=O)[C@@H](c3ccccc3)N(C)C)C4)o2)cc1NC(=O)[C@@H]1CCCN1. The molecule has 4 aromatic rings. The number of amides is 2. The van der Waals surface area contributed by atoms with Gasteiger partial charge < -0.3 is 20.0 Å². The van der Waals surface area contributed by atoms with Crippen LogP contribution >= 0.6 is 0 Å². The van der Waals surface area contributed by atoms with Gasteiger partial charge in [-0.1, -0.05) is 48.5 Å². The Kier molecular flexibility index (Phi) is 8.27. The number of aryl methyl sites for hydroxylation is 1. The molecule has 0 radical (unpaired) electrons. The van der Waals surface area contributed by atoms with Crippen LogP contribution in [-0.4, -0.2) is 71.6 Å². The summed E-state index contributed by atoms with van der Waals surface area (Å²) >= 11 is 0. The number of carbonyl (C=O) groups is 2. The van der Waals surface area contributed by atoms with E-state index in [9.17, 15) is 9.59 Å². The van der Waals surface area contributed by atoms with E-state index >= 15 is 0 Å². The summed E-state index contributed by atoms with van der Waals surface area (Å²) in [7, 11) is 3.93. The lowest BCUT2D eigenvalue weighted by atomic mass is 10.00. The fourth-order valence-electron chi connectivity index (χ4n) is 6.94. The molecule has 0 aliphatic carbocycles. The zero-order chi connectivity index (χ0) is 31.8. The van der Waals surface area contributed by atoms with E-state index in [4.69, 9.17) is 9.41 Å². The first-order chi connectivity index (χ1) is 22.4. The van der Waals surface area contributed by atoms with Crippen LogP contribution in [-0.2, 0) is 16.0 Å². The molecule has 9 heteroatoms. The summed E-state index contributed by atoms with van der Waals surface area (Å²) in [6, 6.07) is 21.6. The number of hydrogen-bond donors (Lipinski definition) is 2. The molecule has 2 fully saturated rings. The Morgan fingerprint density at radius 2 is 1.85 bits per heavy atom. The molecule has 3 aliphatic heterocycles. The minimum absolute atomic E-state index is 0.00734. The Morgan fingerprint density at radius 1 is 1.02 bits per heavy atom. The van der Waals surface area contributed by atoms with Gasteiger partial charge in [0.15, 0.2) is 5.76 Å². The number of aromatic nitrogens is 1. The predicted octanol–water partition coefficient (Wildman–Crippen LogP) is 5.93. The largest absolute Gasteiger partial charge is 0.436 e. The van der Waals surface area contributed by atoms with Gasteiger partial charge in [-0.05, 0) is 88.1 Å². The monoisotopic (exact) mass is 616 g/mol. The normalized spacial score (nSPS) is 19.7. The summed E-state index contributed by atoms with van der Waals surface area (Å²) < 4.78 is 6.24. The first kappa shape index (κ1) is 30.1. The Hall–Kier alpha value is -4.60. The molecule has 1 aromatic heterocycles. The lowest BCUT2D eigenvalue weighted by Gasteiger charge is -2.32. The number of fused-ring (bicyclic) bond motifs is 1. The second kappa shape index (κ2) is 12.7. The van der Waals surface area contributed by atoms with Crippen molar-refractivity contribution in [1.29, 1.82) is 0 Å². The van der Waals surface area contributed by atoms with E-state index in [0.717, 1.165) is 90.1 Å². The molecule has 46 heavy (non-hydrogen) atoms. The molecule has 0 spiro atoms. The van der Waals surface area contributed by atoms with Gasteiger partial charge in [-0.15, -0.1) is 0 Å². The molecule has 0 unspecified atom stereocenters. The van der Waals surface area contributed by atoms with Gasteiger partial charge in [0, 0.05) is 35.5 Å². The molecule has 3 atom stereocenters. The Bertz CT molecular complexity index is 1790.